The zero-order chi connectivity index (χ0) is 37.9. The number of aliphatic hydroxyl groups excluding tert-OH is 2. The van der Waals surface area contributed by atoms with Crippen LogP contribution in [-0.2, 0) is 25.7 Å². The van der Waals surface area contributed by atoms with Crippen LogP contribution in [0.15, 0.2) is 60.7 Å². The maximum Gasteiger partial charge on any atom is 0.204 e. The van der Waals surface area contributed by atoms with Gasteiger partial charge in [-0.05, 0) is 117 Å². The van der Waals surface area contributed by atoms with Gasteiger partial charge in [-0.15, -0.1) is 0 Å². The van der Waals surface area contributed by atoms with E-state index < -0.39 is 6.10 Å². The molecule has 11 nitrogen and oxygen atoms in total. The van der Waals surface area contributed by atoms with E-state index in [9.17, 15) is 10.2 Å². The lowest BCUT2D eigenvalue weighted by Gasteiger charge is -2.37. The summed E-state index contributed by atoms with van der Waals surface area (Å²) in [7, 11) is 11.1. The van der Waals surface area contributed by atoms with Gasteiger partial charge in [0.2, 0.25) is 5.75 Å². The van der Waals surface area contributed by atoms with Crippen molar-refractivity contribution < 1.29 is 38.6 Å². The van der Waals surface area contributed by atoms with E-state index in [1.54, 1.807) is 21.3 Å². The van der Waals surface area contributed by atoms with Gasteiger partial charge in [-0.2, -0.15) is 0 Å². The van der Waals surface area contributed by atoms with Crippen LogP contribution in [0.2, 0.25) is 0 Å². The third kappa shape index (κ3) is 7.83. The first-order valence-electron chi connectivity index (χ1n) is 18.8. The molecular weight excluding hydrogens is 686 g/mol. The van der Waals surface area contributed by atoms with Crippen LogP contribution >= 0.6 is 0 Å². The molecule has 54 heavy (non-hydrogen) atoms. The fraction of sp³-hybridized carbons (Fsp3) is 0.442. The Labute approximate surface area is 318 Å². The van der Waals surface area contributed by atoms with Gasteiger partial charge in [0, 0.05) is 43.8 Å². The third-order valence-electron chi connectivity index (χ3n) is 11.1. The average molecular weight is 740 g/mol. The van der Waals surface area contributed by atoms with Crippen molar-refractivity contribution in [1.82, 2.24) is 14.7 Å². The van der Waals surface area contributed by atoms with Crippen molar-refractivity contribution in [2.24, 2.45) is 0 Å². The van der Waals surface area contributed by atoms with Gasteiger partial charge in [-0.1, -0.05) is 18.2 Å². The Balaban J connectivity index is 1.42. The number of hydrogen-bond donors (Lipinski definition) is 2. The molecule has 0 aromatic heterocycles. The molecule has 4 aromatic rings. The van der Waals surface area contributed by atoms with Crippen LogP contribution in [0.1, 0.15) is 45.5 Å². The molecule has 3 atom stereocenters. The minimum absolute atomic E-state index is 0.00283. The molecule has 0 saturated heterocycles. The van der Waals surface area contributed by atoms with E-state index in [0.29, 0.717) is 59.8 Å². The van der Waals surface area contributed by atoms with Crippen molar-refractivity contribution in [3.05, 3.63) is 94.0 Å². The number of fused-ring (bicyclic) bond motifs is 2. The normalized spacial score (nSPS) is 18.8. The van der Waals surface area contributed by atoms with Crippen molar-refractivity contribution >= 4 is 0 Å². The Morgan fingerprint density at radius 3 is 2.15 bits per heavy atom. The first kappa shape index (κ1) is 37.8. The van der Waals surface area contributed by atoms with Gasteiger partial charge in [0.25, 0.3) is 0 Å². The molecular formula is C43H53N3O8. The number of ether oxygens (including phenoxy) is 6. The second kappa shape index (κ2) is 16.5. The molecule has 1 unspecified atom stereocenters. The Hall–Kier alpha value is -4.52. The van der Waals surface area contributed by atoms with Crippen LogP contribution < -0.4 is 28.4 Å². The molecule has 6 bridgehead atoms. The highest BCUT2D eigenvalue weighted by Crippen LogP contribution is 2.52. The average Bonchev–Trinajstić information content (AvgIpc) is 3.16. The van der Waals surface area contributed by atoms with Crippen LogP contribution in [0.3, 0.4) is 0 Å². The zero-order valence-corrected chi connectivity index (χ0v) is 32.3. The molecule has 0 spiro atoms. The second-order valence-corrected chi connectivity index (χ2v) is 14.7. The highest BCUT2D eigenvalue weighted by Gasteiger charge is 2.35. The minimum atomic E-state index is -0.826. The molecule has 0 radical (unpaired) electrons. The third-order valence-corrected chi connectivity index (χ3v) is 11.1. The fourth-order valence-corrected chi connectivity index (χ4v) is 8.07. The van der Waals surface area contributed by atoms with E-state index in [1.165, 1.54) is 16.7 Å². The first-order valence-corrected chi connectivity index (χ1v) is 18.8. The van der Waals surface area contributed by atoms with Crippen LogP contribution in [0.25, 0.3) is 0 Å². The van der Waals surface area contributed by atoms with Gasteiger partial charge in [0.1, 0.15) is 18.5 Å². The smallest absolute Gasteiger partial charge is 0.204 e. The number of benzene rings is 4. The van der Waals surface area contributed by atoms with Gasteiger partial charge >= 0.3 is 0 Å². The minimum Gasteiger partial charge on any atom is -0.493 e. The van der Waals surface area contributed by atoms with Crippen LogP contribution in [0.5, 0.6) is 46.0 Å². The number of rotatable bonds is 10. The predicted molar refractivity (Wildman–Crippen MR) is 207 cm³/mol. The molecule has 0 aliphatic carbocycles. The van der Waals surface area contributed by atoms with Crippen LogP contribution in [0.4, 0.5) is 0 Å². The summed E-state index contributed by atoms with van der Waals surface area (Å²) in [6.07, 6.45) is 2.29. The van der Waals surface area contributed by atoms with Crippen molar-refractivity contribution in [3.63, 3.8) is 0 Å². The topological polar surface area (TPSA) is 106 Å². The van der Waals surface area contributed by atoms with Crippen molar-refractivity contribution in [2.45, 2.75) is 43.9 Å². The first-order chi connectivity index (χ1) is 26.2. The number of hydrogen-bond acceptors (Lipinski definition) is 11. The molecule has 0 amide bonds. The Bertz CT molecular complexity index is 1940. The summed E-state index contributed by atoms with van der Waals surface area (Å²) < 4.78 is 38.0. The van der Waals surface area contributed by atoms with Crippen LogP contribution in [0, 0.1) is 0 Å². The molecule has 2 N–H and O–H groups in total. The van der Waals surface area contributed by atoms with Crippen LogP contribution in [-0.4, -0.2) is 113 Å². The second-order valence-electron chi connectivity index (χ2n) is 14.7. The van der Waals surface area contributed by atoms with Gasteiger partial charge in [0.05, 0.1) is 27.9 Å². The largest absolute Gasteiger partial charge is 0.493 e. The molecule has 11 heteroatoms. The van der Waals surface area contributed by atoms with E-state index in [2.05, 4.69) is 66.4 Å². The van der Waals surface area contributed by atoms with Gasteiger partial charge in [-0.3, -0.25) is 9.80 Å². The van der Waals surface area contributed by atoms with Crippen molar-refractivity contribution in [1.29, 1.82) is 0 Å². The quantitative estimate of drug-likeness (QED) is 0.206. The highest BCUT2D eigenvalue weighted by atomic mass is 16.6. The van der Waals surface area contributed by atoms with Gasteiger partial charge in [0.15, 0.2) is 34.5 Å². The zero-order valence-electron chi connectivity index (χ0n) is 32.3. The lowest BCUT2D eigenvalue weighted by atomic mass is 9.87. The molecule has 4 heterocycles. The van der Waals surface area contributed by atoms with E-state index in [1.807, 2.05) is 30.1 Å². The maximum absolute atomic E-state index is 11.1. The lowest BCUT2D eigenvalue weighted by Crippen LogP contribution is -2.35. The summed E-state index contributed by atoms with van der Waals surface area (Å²) in [4.78, 5) is 6.62. The molecule has 4 aromatic carbocycles. The molecule has 4 aliphatic heterocycles. The molecule has 8 rings (SSSR count). The molecule has 288 valence electrons. The Morgan fingerprint density at radius 1 is 0.778 bits per heavy atom. The van der Waals surface area contributed by atoms with E-state index in [0.717, 1.165) is 54.8 Å². The van der Waals surface area contributed by atoms with E-state index in [-0.39, 0.29) is 25.3 Å². The summed E-state index contributed by atoms with van der Waals surface area (Å²) >= 11 is 0. The number of aliphatic hydroxyl groups is 2. The van der Waals surface area contributed by atoms with E-state index >= 15 is 0 Å². The number of methoxy groups -OCH3 is 3. The predicted octanol–water partition coefficient (Wildman–Crippen LogP) is 5.82. The summed E-state index contributed by atoms with van der Waals surface area (Å²) in [5.41, 5.74) is 6.79. The molecule has 4 aliphatic rings. The fourth-order valence-electron chi connectivity index (χ4n) is 8.07. The summed E-state index contributed by atoms with van der Waals surface area (Å²) in [6, 6.07) is 20.7. The Kier molecular flexibility index (Phi) is 11.5. The van der Waals surface area contributed by atoms with Gasteiger partial charge < -0.3 is 43.5 Å². The number of nitrogens with zero attached hydrogens (tertiary/aromatic N) is 3. The molecule has 0 fully saturated rings. The van der Waals surface area contributed by atoms with Gasteiger partial charge in [-0.25, -0.2) is 0 Å². The summed E-state index contributed by atoms with van der Waals surface area (Å²) in [5.74, 6) is 4.76. The summed E-state index contributed by atoms with van der Waals surface area (Å²) in [5, 5.41) is 20.5. The maximum atomic E-state index is 11.1. The SMILES string of the molecule is COc1ccc2cc1Oc1ccc(cc1)C[C@H]1c3cc(c(OC)cc3CCN1C)Oc1c(OCC(O)CN(C)CCO)c(OC)cc3c1[C@H](C2)N(C)CC3. The lowest BCUT2D eigenvalue weighted by molar-refractivity contribution is 0.0689. The summed E-state index contributed by atoms with van der Waals surface area (Å²) in [6.45, 7) is 2.52. The van der Waals surface area contributed by atoms with E-state index in [4.69, 9.17) is 28.4 Å². The van der Waals surface area contributed by atoms with Crippen molar-refractivity contribution in [3.8, 4) is 46.0 Å². The number of likely N-dealkylation sites (N-methyl/N-ethyl adjacent to an activating group) is 3. The standard InChI is InChI=1S/C43H53N3O8/c1-44(17-18-47)25-31(48)26-52-42-40(51-6)23-30-14-16-46(3)35-20-28-9-12-36(49-4)38(21-28)53-32-10-7-27(8-11-32)19-34-33-24-39(54-43(42)41(30)35)37(50-5)22-29(33)13-15-45(34)2/h7-12,21-24,31,34-35,47-48H,13-20,25-26H2,1-6H3/t31?,34-,35-/m0/s1. The van der Waals surface area contributed by atoms with Crippen molar-refractivity contribution in [2.75, 3.05) is 81.9 Å². The molecule has 0 saturated carbocycles. The Morgan fingerprint density at radius 2 is 1.43 bits per heavy atom. The monoisotopic (exact) mass is 739 g/mol. The highest BCUT2D eigenvalue weighted by molar-refractivity contribution is 5.64.